The van der Waals surface area contributed by atoms with Crippen molar-refractivity contribution in [3.8, 4) is 0 Å². The van der Waals surface area contributed by atoms with E-state index in [-0.39, 0.29) is 0 Å². The molecule has 3 rings (SSSR count). The lowest BCUT2D eigenvalue weighted by Crippen LogP contribution is -2.19. The van der Waals surface area contributed by atoms with Crippen LogP contribution < -0.4 is 0 Å². The van der Waals surface area contributed by atoms with Crippen LogP contribution in [0, 0.1) is 11.8 Å². The highest BCUT2D eigenvalue weighted by Gasteiger charge is 2.22. The minimum Gasteiger partial charge on any atom is -0.327 e. The predicted molar refractivity (Wildman–Crippen MR) is 90.0 cm³/mol. The summed E-state index contributed by atoms with van der Waals surface area (Å²) in [7, 11) is 0. The first-order valence-electron chi connectivity index (χ1n) is 7.92. The molecule has 1 heterocycles. The van der Waals surface area contributed by atoms with Gasteiger partial charge in [0.15, 0.2) is 0 Å². The van der Waals surface area contributed by atoms with Crippen molar-refractivity contribution < 1.29 is 0 Å². The summed E-state index contributed by atoms with van der Waals surface area (Å²) < 4.78 is 2.28. The van der Waals surface area contributed by atoms with Crippen molar-refractivity contribution in [1.82, 2.24) is 9.55 Å². The molecule has 1 aromatic heterocycles. The summed E-state index contributed by atoms with van der Waals surface area (Å²) in [5.74, 6) is 3.06. The van der Waals surface area contributed by atoms with E-state index in [0.717, 1.165) is 35.2 Å². The number of imidazole rings is 1. The van der Waals surface area contributed by atoms with E-state index >= 15 is 0 Å². The van der Waals surface area contributed by atoms with Gasteiger partial charge in [0, 0.05) is 6.54 Å². The average molecular weight is 325 g/mol. The van der Waals surface area contributed by atoms with Gasteiger partial charge in [0.1, 0.15) is 11.3 Å². The Morgan fingerprint density at radius 2 is 1.90 bits per heavy atom. The van der Waals surface area contributed by atoms with E-state index in [2.05, 4.69) is 22.5 Å². The zero-order valence-electron chi connectivity index (χ0n) is 12.5. The molecule has 2 nitrogen and oxygen atoms in total. The first-order chi connectivity index (χ1) is 10.2. The van der Waals surface area contributed by atoms with Crippen LogP contribution in [-0.4, -0.2) is 9.55 Å². The lowest BCUT2D eigenvalue weighted by atomic mass is 9.81. The number of hydrogen-bond acceptors (Lipinski definition) is 1. The third-order valence-electron chi connectivity index (χ3n) is 4.91. The van der Waals surface area contributed by atoms with Crippen molar-refractivity contribution in [2.45, 2.75) is 51.5 Å². The third kappa shape index (κ3) is 3.07. The maximum absolute atomic E-state index is 6.26. The molecule has 0 radical (unpaired) electrons. The van der Waals surface area contributed by atoms with E-state index in [0.29, 0.717) is 10.9 Å². The number of benzene rings is 1. The lowest BCUT2D eigenvalue weighted by molar-refractivity contribution is 0.248. The van der Waals surface area contributed by atoms with E-state index in [1.807, 2.05) is 12.1 Å². The Labute approximate surface area is 136 Å². The Morgan fingerprint density at radius 3 is 2.57 bits per heavy atom. The second kappa shape index (κ2) is 6.58. The molecule has 1 aromatic carbocycles. The number of halogens is 2. The summed E-state index contributed by atoms with van der Waals surface area (Å²) in [6.45, 7) is 3.33. The Balaban J connectivity index is 1.85. The summed E-state index contributed by atoms with van der Waals surface area (Å²) in [6, 6.07) is 5.99. The largest absolute Gasteiger partial charge is 0.327 e. The fourth-order valence-electron chi connectivity index (χ4n) is 3.55. The molecule has 1 fully saturated rings. The van der Waals surface area contributed by atoms with Gasteiger partial charge in [0.2, 0.25) is 0 Å². The molecule has 1 saturated carbocycles. The Kier molecular flexibility index (Phi) is 4.75. The molecule has 0 bridgehead atoms. The first kappa shape index (κ1) is 15.2. The molecule has 0 N–H and O–H groups in total. The number of alkyl halides is 1. The maximum atomic E-state index is 6.26. The summed E-state index contributed by atoms with van der Waals surface area (Å²) in [6.07, 6.45) is 6.69. The highest BCUT2D eigenvalue weighted by atomic mass is 35.5. The van der Waals surface area contributed by atoms with Gasteiger partial charge in [-0.05, 0) is 36.8 Å². The van der Waals surface area contributed by atoms with Gasteiger partial charge in [-0.1, -0.05) is 43.9 Å². The molecule has 0 unspecified atom stereocenters. The normalized spacial score (nSPS) is 22.8. The van der Waals surface area contributed by atoms with Crippen molar-refractivity contribution in [2.24, 2.45) is 11.8 Å². The zero-order chi connectivity index (χ0) is 14.8. The molecule has 21 heavy (non-hydrogen) atoms. The van der Waals surface area contributed by atoms with Crippen molar-refractivity contribution >= 4 is 34.2 Å². The summed E-state index contributed by atoms with van der Waals surface area (Å²) >= 11 is 12.4. The van der Waals surface area contributed by atoms with Crippen molar-refractivity contribution in [1.29, 1.82) is 0 Å². The smallest absolute Gasteiger partial charge is 0.124 e. The number of aromatic nitrogens is 2. The first-order valence-corrected chi connectivity index (χ1v) is 8.83. The highest BCUT2D eigenvalue weighted by Crippen LogP contribution is 2.33. The summed E-state index contributed by atoms with van der Waals surface area (Å²) in [5.41, 5.74) is 2.01. The van der Waals surface area contributed by atoms with Gasteiger partial charge in [0.25, 0.3) is 0 Å². The zero-order valence-corrected chi connectivity index (χ0v) is 14.0. The fraction of sp³-hybridized carbons (Fsp3) is 0.588. The maximum Gasteiger partial charge on any atom is 0.124 e. The van der Waals surface area contributed by atoms with Gasteiger partial charge in [-0.3, -0.25) is 0 Å². The average Bonchev–Trinajstić information content (AvgIpc) is 2.87. The monoisotopic (exact) mass is 324 g/mol. The molecule has 0 saturated heterocycles. The van der Waals surface area contributed by atoms with Crippen LogP contribution >= 0.6 is 23.2 Å². The van der Waals surface area contributed by atoms with Gasteiger partial charge < -0.3 is 4.57 Å². The molecular weight excluding hydrogens is 303 g/mol. The van der Waals surface area contributed by atoms with E-state index < -0.39 is 0 Å². The lowest BCUT2D eigenvalue weighted by Gasteiger charge is -2.28. The van der Waals surface area contributed by atoms with Crippen LogP contribution in [0.15, 0.2) is 18.2 Å². The third-order valence-corrected chi connectivity index (χ3v) is 5.46. The van der Waals surface area contributed by atoms with Crippen molar-refractivity contribution in [3.05, 3.63) is 29.0 Å². The Morgan fingerprint density at radius 1 is 1.19 bits per heavy atom. The summed E-state index contributed by atoms with van der Waals surface area (Å²) in [5, 5.41) is 0.715. The molecule has 1 aliphatic carbocycles. The molecule has 0 amide bonds. The van der Waals surface area contributed by atoms with Crippen LogP contribution in [0.5, 0.6) is 0 Å². The van der Waals surface area contributed by atoms with E-state index in [4.69, 9.17) is 23.2 Å². The number of nitrogens with zero attached hydrogens (tertiary/aromatic N) is 2. The molecule has 2 aromatic rings. The van der Waals surface area contributed by atoms with Gasteiger partial charge >= 0.3 is 0 Å². The van der Waals surface area contributed by atoms with E-state index in [1.165, 1.54) is 32.1 Å². The minimum atomic E-state index is 0.440. The number of hydrogen-bond donors (Lipinski definition) is 0. The molecule has 4 heteroatoms. The molecule has 1 aliphatic rings. The molecular formula is C17H22Cl2N2. The van der Waals surface area contributed by atoms with Crippen molar-refractivity contribution in [2.75, 3.05) is 0 Å². The highest BCUT2D eigenvalue weighted by molar-refractivity contribution is 6.35. The van der Waals surface area contributed by atoms with Crippen molar-refractivity contribution in [3.63, 3.8) is 0 Å². The molecule has 0 spiro atoms. The number of rotatable bonds is 4. The van der Waals surface area contributed by atoms with Gasteiger partial charge in [-0.2, -0.15) is 0 Å². The topological polar surface area (TPSA) is 17.8 Å². The number of fused-ring (bicyclic) bond motifs is 1. The second-order valence-corrected chi connectivity index (χ2v) is 6.85. The Bertz CT molecular complexity index is 613. The molecule has 114 valence electrons. The van der Waals surface area contributed by atoms with Crippen LogP contribution in [0.4, 0.5) is 0 Å². The Hall–Kier alpha value is -0.730. The second-order valence-electron chi connectivity index (χ2n) is 6.17. The van der Waals surface area contributed by atoms with Crippen LogP contribution in [0.1, 0.15) is 44.9 Å². The van der Waals surface area contributed by atoms with Gasteiger partial charge in [-0.25, -0.2) is 4.98 Å². The predicted octanol–water partition coefficient (Wildman–Crippen LogP) is 5.64. The quantitative estimate of drug-likeness (QED) is 0.665. The molecule has 0 atom stereocenters. The van der Waals surface area contributed by atoms with Crippen LogP contribution in [0.25, 0.3) is 11.0 Å². The fourth-order valence-corrected chi connectivity index (χ4v) is 3.96. The van der Waals surface area contributed by atoms with Gasteiger partial charge in [0.05, 0.1) is 16.4 Å². The summed E-state index contributed by atoms with van der Waals surface area (Å²) in [4.78, 5) is 4.63. The number of para-hydroxylation sites is 1. The minimum absolute atomic E-state index is 0.440. The standard InChI is InChI=1S/C17H22Cl2N2/c1-2-12-6-8-13(9-7-12)11-21-15-5-3-4-14(19)17(15)20-16(21)10-18/h3-5,12-13H,2,6-11H2,1H3. The van der Waals surface area contributed by atoms with Gasteiger partial charge in [-0.15, -0.1) is 11.6 Å². The van der Waals surface area contributed by atoms with Crippen LogP contribution in [0.3, 0.4) is 0 Å². The van der Waals surface area contributed by atoms with Crippen LogP contribution in [-0.2, 0) is 12.4 Å². The van der Waals surface area contributed by atoms with E-state index in [9.17, 15) is 0 Å². The van der Waals surface area contributed by atoms with E-state index in [1.54, 1.807) is 0 Å². The SMILES string of the molecule is CCC1CCC(Cn2c(CCl)nc3c(Cl)cccc32)CC1. The van der Waals surface area contributed by atoms with Crippen LogP contribution in [0.2, 0.25) is 5.02 Å². The molecule has 0 aliphatic heterocycles.